The van der Waals surface area contributed by atoms with Crippen LogP contribution in [0.25, 0.3) is 10.8 Å². The molecule has 3 aromatic carbocycles. The van der Waals surface area contributed by atoms with Crippen LogP contribution in [0.15, 0.2) is 77.7 Å². The van der Waals surface area contributed by atoms with Gasteiger partial charge in [0, 0.05) is 18.5 Å². The number of fused-ring (bicyclic) bond motifs is 1. The van der Waals surface area contributed by atoms with Crippen molar-refractivity contribution in [3.63, 3.8) is 0 Å². The molecule has 0 aromatic heterocycles. The van der Waals surface area contributed by atoms with Gasteiger partial charge in [-0.15, -0.1) is 11.8 Å². The Labute approximate surface area is 147 Å². The molecule has 0 fully saturated rings. The Hall–Kier alpha value is -2.26. The molecule has 0 unspecified atom stereocenters. The molecule has 0 spiro atoms. The van der Waals surface area contributed by atoms with Crippen LogP contribution in [0, 0.1) is 0 Å². The van der Waals surface area contributed by atoms with E-state index < -0.39 is 0 Å². The normalized spacial score (nSPS) is 12.1. The maximum Gasteiger partial charge on any atom is 0.235 e. The molecule has 0 aliphatic carbocycles. The van der Waals surface area contributed by atoms with Crippen LogP contribution in [0.2, 0.25) is 0 Å². The topological polar surface area (TPSA) is 20.3 Å². The Morgan fingerprint density at radius 2 is 1.62 bits per heavy atom. The summed E-state index contributed by atoms with van der Waals surface area (Å²) < 4.78 is 0. The van der Waals surface area contributed by atoms with Crippen LogP contribution < -0.4 is 0 Å². The van der Waals surface area contributed by atoms with Crippen molar-refractivity contribution < 1.29 is 4.79 Å². The van der Waals surface area contributed by atoms with E-state index in [-0.39, 0.29) is 11.2 Å². The van der Waals surface area contributed by atoms with Crippen LogP contribution in [0.1, 0.15) is 12.5 Å². The van der Waals surface area contributed by atoms with Gasteiger partial charge < -0.3 is 4.90 Å². The van der Waals surface area contributed by atoms with Crippen LogP contribution >= 0.6 is 11.8 Å². The molecule has 0 aliphatic rings. The largest absolute Gasteiger partial charge is 0.340 e. The fraction of sp³-hybridized carbons (Fsp3) is 0.190. The van der Waals surface area contributed by atoms with Gasteiger partial charge in [0.2, 0.25) is 5.91 Å². The van der Waals surface area contributed by atoms with Gasteiger partial charge in [-0.2, -0.15) is 0 Å². The molecular weight excluding hydrogens is 314 g/mol. The predicted octanol–water partition coefficient (Wildman–Crippen LogP) is 4.98. The Morgan fingerprint density at radius 3 is 2.38 bits per heavy atom. The van der Waals surface area contributed by atoms with E-state index in [2.05, 4.69) is 30.3 Å². The molecule has 1 atom stereocenters. The van der Waals surface area contributed by atoms with Gasteiger partial charge in [0.05, 0.1) is 5.25 Å². The lowest BCUT2D eigenvalue weighted by molar-refractivity contribution is -0.129. The number of carbonyl (C=O) groups excluding carboxylic acids is 1. The standard InChI is InChI=1S/C21H21NOS/c1-16(21(23)22(2)15-17-8-4-3-5-9-17)24-20-13-12-18-10-6-7-11-19(18)14-20/h3-14,16H,15H2,1-2H3/t16-/m1/s1. The lowest BCUT2D eigenvalue weighted by Crippen LogP contribution is -2.32. The minimum Gasteiger partial charge on any atom is -0.340 e. The van der Waals surface area contributed by atoms with Gasteiger partial charge in [0.25, 0.3) is 0 Å². The molecule has 122 valence electrons. The van der Waals surface area contributed by atoms with Crippen molar-refractivity contribution >= 4 is 28.4 Å². The molecule has 3 heteroatoms. The Balaban J connectivity index is 1.66. The van der Waals surface area contributed by atoms with E-state index in [1.807, 2.05) is 56.4 Å². The van der Waals surface area contributed by atoms with Crippen molar-refractivity contribution in [2.75, 3.05) is 7.05 Å². The lowest BCUT2D eigenvalue weighted by atomic mass is 10.1. The highest BCUT2D eigenvalue weighted by Gasteiger charge is 2.18. The maximum absolute atomic E-state index is 12.6. The molecule has 0 radical (unpaired) electrons. The van der Waals surface area contributed by atoms with Crippen molar-refractivity contribution in [2.24, 2.45) is 0 Å². The van der Waals surface area contributed by atoms with Crippen LogP contribution in [-0.4, -0.2) is 23.1 Å². The second kappa shape index (κ2) is 7.54. The molecule has 0 saturated heterocycles. The first-order chi connectivity index (χ1) is 11.6. The minimum atomic E-state index is -0.111. The highest BCUT2D eigenvalue weighted by atomic mass is 32.2. The number of nitrogens with zero attached hydrogens (tertiary/aromatic N) is 1. The third-order valence-electron chi connectivity index (χ3n) is 4.02. The molecule has 2 nitrogen and oxygen atoms in total. The molecule has 0 N–H and O–H groups in total. The summed E-state index contributed by atoms with van der Waals surface area (Å²) in [5.41, 5.74) is 1.15. The molecule has 3 rings (SSSR count). The first kappa shape index (κ1) is 16.6. The lowest BCUT2D eigenvalue weighted by Gasteiger charge is -2.21. The SMILES string of the molecule is C[C@@H](Sc1ccc2ccccc2c1)C(=O)N(C)Cc1ccccc1. The van der Waals surface area contributed by atoms with E-state index in [9.17, 15) is 4.79 Å². The number of hydrogen-bond donors (Lipinski definition) is 0. The summed E-state index contributed by atoms with van der Waals surface area (Å²) in [6.07, 6.45) is 0. The van der Waals surface area contributed by atoms with E-state index in [0.29, 0.717) is 6.54 Å². The van der Waals surface area contributed by atoms with E-state index in [1.54, 1.807) is 16.7 Å². The van der Waals surface area contributed by atoms with Gasteiger partial charge in [-0.3, -0.25) is 4.79 Å². The molecule has 0 bridgehead atoms. The fourth-order valence-corrected chi connectivity index (χ4v) is 3.77. The third kappa shape index (κ3) is 3.98. The second-order valence-electron chi connectivity index (χ2n) is 5.95. The molecule has 24 heavy (non-hydrogen) atoms. The summed E-state index contributed by atoms with van der Waals surface area (Å²) in [6, 6.07) is 24.7. The van der Waals surface area contributed by atoms with E-state index in [0.717, 1.165) is 10.5 Å². The first-order valence-corrected chi connectivity index (χ1v) is 8.96. The summed E-state index contributed by atoms with van der Waals surface area (Å²) in [4.78, 5) is 15.5. The van der Waals surface area contributed by atoms with Crippen molar-refractivity contribution in [3.05, 3.63) is 78.4 Å². The van der Waals surface area contributed by atoms with E-state index in [4.69, 9.17) is 0 Å². The Bertz CT molecular complexity index is 831. The molecule has 0 saturated carbocycles. The van der Waals surface area contributed by atoms with Crippen LogP contribution in [-0.2, 0) is 11.3 Å². The first-order valence-electron chi connectivity index (χ1n) is 8.08. The molecule has 0 aliphatic heterocycles. The maximum atomic E-state index is 12.6. The van der Waals surface area contributed by atoms with Crippen molar-refractivity contribution in [3.8, 4) is 0 Å². The summed E-state index contributed by atoms with van der Waals surface area (Å²) >= 11 is 1.61. The number of thioether (sulfide) groups is 1. The number of benzene rings is 3. The molecule has 3 aromatic rings. The Morgan fingerprint density at radius 1 is 0.958 bits per heavy atom. The zero-order valence-corrected chi connectivity index (χ0v) is 14.8. The van der Waals surface area contributed by atoms with Crippen molar-refractivity contribution in [2.45, 2.75) is 23.6 Å². The quantitative estimate of drug-likeness (QED) is 0.613. The summed E-state index contributed by atoms with van der Waals surface area (Å²) in [5.74, 6) is 0.150. The predicted molar refractivity (Wildman–Crippen MR) is 102 cm³/mol. The molecule has 1 amide bonds. The average Bonchev–Trinajstić information content (AvgIpc) is 2.61. The third-order valence-corrected chi connectivity index (χ3v) is 5.10. The highest BCUT2D eigenvalue weighted by Crippen LogP contribution is 2.28. The van der Waals surface area contributed by atoms with Crippen molar-refractivity contribution in [1.82, 2.24) is 4.90 Å². The monoisotopic (exact) mass is 335 g/mol. The van der Waals surface area contributed by atoms with E-state index >= 15 is 0 Å². The van der Waals surface area contributed by atoms with Gasteiger partial charge in [0.1, 0.15) is 0 Å². The summed E-state index contributed by atoms with van der Waals surface area (Å²) in [5, 5.41) is 2.32. The smallest absolute Gasteiger partial charge is 0.235 e. The Kier molecular flexibility index (Phi) is 5.21. The highest BCUT2D eigenvalue weighted by molar-refractivity contribution is 8.00. The zero-order valence-electron chi connectivity index (χ0n) is 14.0. The molecular formula is C21H21NOS. The van der Waals surface area contributed by atoms with E-state index in [1.165, 1.54) is 10.8 Å². The van der Waals surface area contributed by atoms with Crippen LogP contribution in [0.5, 0.6) is 0 Å². The van der Waals surface area contributed by atoms with Gasteiger partial charge in [-0.05, 0) is 35.4 Å². The summed E-state index contributed by atoms with van der Waals surface area (Å²) in [6.45, 7) is 2.62. The van der Waals surface area contributed by atoms with Crippen LogP contribution in [0.4, 0.5) is 0 Å². The number of rotatable bonds is 5. The summed E-state index contributed by atoms with van der Waals surface area (Å²) in [7, 11) is 1.87. The number of hydrogen-bond acceptors (Lipinski definition) is 2. The number of carbonyl (C=O) groups is 1. The van der Waals surface area contributed by atoms with Gasteiger partial charge >= 0.3 is 0 Å². The molecule has 0 heterocycles. The minimum absolute atomic E-state index is 0.111. The zero-order chi connectivity index (χ0) is 16.9. The fourth-order valence-electron chi connectivity index (χ4n) is 2.74. The second-order valence-corrected chi connectivity index (χ2v) is 7.36. The van der Waals surface area contributed by atoms with Gasteiger partial charge in [-0.25, -0.2) is 0 Å². The van der Waals surface area contributed by atoms with Gasteiger partial charge in [0.15, 0.2) is 0 Å². The van der Waals surface area contributed by atoms with Crippen LogP contribution in [0.3, 0.4) is 0 Å². The number of amides is 1. The van der Waals surface area contributed by atoms with Crippen molar-refractivity contribution in [1.29, 1.82) is 0 Å². The average molecular weight is 335 g/mol. The van der Waals surface area contributed by atoms with Gasteiger partial charge in [-0.1, -0.05) is 60.7 Å².